The second-order valence-electron chi connectivity index (χ2n) is 5.21. The highest BCUT2D eigenvalue weighted by atomic mass is 32.1. The van der Waals surface area contributed by atoms with Crippen LogP contribution in [-0.2, 0) is 6.42 Å². The average molecular weight is 304 g/mol. The number of nitrogens with zero attached hydrogens (tertiary/aromatic N) is 3. The Bertz CT molecular complexity index is 667. The number of nitrogens with one attached hydrogen (secondary N) is 1. The Morgan fingerprint density at radius 3 is 2.95 bits per heavy atom. The summed E-state index contributed by atoms with van der Waals surface area (Å²) in [6.07, 6.45) is 3.33. The molecule has 110 valence electrons. The largest absolute Gasteiger partial charge is 0.314 e. The summed E-state index contributed by atoms with van der Waals surface area (Å²) in [5.74, 6) is 0. The summed E-state index contributed by atoms with van der Waals surface area (Å²) in [5.41, 5.74) is 1.32. The van der Waals surface area contributed by atoms with Gasteiger partial charge in [-0.2, -0.15) is 0 Å². The van der Waals surface area contributed by atoms with Crippen molar-refractivity contribution in [2.24, 2.45) is 0 Å². The quantitative estimate of drug-likeness (QED) is 0.655. The molecule has 0 unspecified atom stereocenters. The number of aryl methyl sites for hydroxylation is 1. The molecule has 3 rings (SSSR count). The Morgan fingerprint density at radius 1 is 1.43 bits per heavy atom. The normalized spacial score (nSPS) is 14.3. The predicted octanol–water partition coefficient (Wildman–Crippen LogP) is 2.72. The standard InChI is InChI=1S/C14H16N4O2S/c1-9-3-2-4-11(13(9)18(19)20)14-17-16-12(21-14)7-8-15-10-5-6-10/h2-4,10,15H,5-8H2,1H3. The van der Waals surface area contributed by atoms with Crippen LogP contribution in [0.15, 0.2) is 18.2 Å². The van der Waals surface area contributed by atoms with E-state index in [1.165, 1.54) is 24.2 Å². The lowest BCUT2D eigenvalue weighted by molar-refractivity contribution is -0.384. The number of hydrogen-bond donors (Lipinski definition) is 1. The van der Waals surface area contributed by atoms with Crippen LogP contribution in [0.25, 0.3) is 10.6 Å². The maximum atomic E-state index is 11.2. The molecule has 6 nitrogen and oxygen atoms in total. The highest BCUT2D eigenvalue weighted by Crippen LogP contribution is 2.34. The summed E-state index contributed by atoms with van der Waals surface area (Å²) in [4.78, 5) is 10.9. The number of nitro benzene ring substituents is 1. The fraction of sp³-hybridized carbons (Fsp3) is 0.429. The van der Waals surface area contributed by atoms with Gasteiger partial charge in [0.1, 0.15) is 5.01 Å². The van der Waals surface area contributed by atoms with E-state index in [1.54, 1.807) is 19.1 Å². The lowest BCUT2D eigenvalue weighted by atomic mass is 10.1. The van der Waals surface area contributed by atoms with Crippen molar-refractivity contribution in [3.8, 4) is 10.6 Å². The Kier molecular flexibility index (Phi) is 3.94. The van der Waals surface area contributed by atoms with E-state index in [4.69, 9.17) is 0 Å². The maximum Gasteiger partial charge on any atom is 0.282 e. The average Bonchev–Trinajstić information content (AvgIpc) is 3.14. The molecule has 0 atom stereocenters. The number of rotatable bonds is 6. The van der Waals surface area contributed by atoms with Gasteiger partial charge in [0.25, 0.3) is 5.69 Å². The van der Waals surface area contributed by atoms with Crippen LogP contribution in [0.2, 0.25) is 0 Å². The fourth-order valence-electron chi connectivity index (χ4n) is 2.21. The van der Waals surface area contributed by atoms with Crippen LogP contribution < -0.4 is 5.32 Å². The van der Waals surface area contributed by atoms with Crippen molar-refractivity contribution in [2.45, 2.75) is 32.2 Å². The fourth-order valence-corrected chi connectivity index (χ4v) is 3.07. The molecule has 0 radical (unpaired) electrons. The summed E-state index contributed by atoms with van der Waals surface area (Å²) >= 11 is 1.43. The number of para-hydroxylation sites is 1. The van der Waals surface area contributed by atoms with Gasteiger partial charge in [-0.1, -0.05) is 23.5 Å². The van der Waals surface area contributed by atoms with Crippen molar-refractivity contribution >= 4 is 17.0 Å². The molecule has 1 aliphatic carbocycles. The lowest BCUT2D eigenvalue weighted by Crippen LogP contribution is -2.19. The molecule has 21 heavy (non-hydrogen) atoms. The first kappa shape index (κ1) is 14.1. The molecular weight excluding hydrogens is 288 g/mol. The summed E-state index contributed by atoms with van der Waals surface area (Å²) in [7, 11) is 0. The Labute approximate surface area is 126 Å². The molecule has 0 bridgehead atoms. The van der Waals surface area contributed by atoms with Crippen LogP contribution in [0.5, 0.6) is 0 Å². The van der Waals surface area contributed by atoms with Crippen LogP contribution in [0.3, 0.4) is 0 Å². The third kappa shape index (κ3) is 3.25. The van der Waals surface area contributed by atoms with E-state index in [2.05, 4.69) is 15.5 Å². The smallest absolute Gasteiger partial charge is 0.282 e. The minimum absolute atomic E-state index is 0.122. The molecule has 1 aromatic carbocycles. The first-order valence-corrected chi connectivity index (χ1v) is 7.77. The Morgan fingerprint density at radius 2 is 2.24 bits per heavy atom. The maximum absolute atomic E-state index is 11.2. The van der Waals surface area contributed by atoms with E-state index in [0.717, 1.165) is 18.0 Å². The first-order chi connectivity index (χ1) is 10.1. The van der Waals surface area contributed by atoms with Gasteiger partial charge in [-0.05, 0) is 25.8 Å². The van der Waals surface area contributed by atoms with Crippen molar-refractivity contribution in [1.29, 1.82) is 0 Å². The zero-order valence-corrected chi connectivity index (χ0v) is 12.5. The molecule has 0 saturated heterocycles. The monoisotopic (exact) mass is 304 g/mol. The van der Waals surface area contributed by atoms with Gasteiger partial charge in [0.05, 0.1) is 10.5 Å². The molecule has 1 aromatic heterocycles. The molecule has 2 aromatic rings. The van der Waals surface area contributed by atoms with E-state index in [1.807, 2.05) is 6.07 Å². The topological polar surface area (TPSA) is 81.0 Å². The number of benzene rings is 1. The molecule has 0 aliphatic heterocycles. The predicted molar refractivity (Wildman–Crippen MR) is 81.5 cm³/mol. The van der Waals surface area contributed by atoms with E-state index < -0.39 is 0 Å². The molecular formula is C14H16N4O2S. The minimum atomic E-state index is -0.347. The van der Waals surface area contributed by atoms with Gasteiger partial charge in [-0.25, -0.2) is 0 Å². The number of aromatic nitrogens is 2. The first-order valence-electron chi connectivity index (χ1n) is 6.95. The van der Waals surface area contributed by atoms with Gasteiger partial charge in [0.15, 0.2) is 5.01 Å². The second kappa shape index (κ2) is 5.87. The van der Waals surface area contributed by atoms with Gasteiger partial charge in [0, 0.05) is 24.6 Å². The summed E-state index contributed by atoms with van der Waals surface area (Å²) < 4.78 is 0. The minimum Gasteiger partial charge on any atom is -0.314 e. The Hall–Kier alpha value is -1.86. The molecule has 0 spiro atoms. The van der Waals surface area contributed by atoms with E-state index in [-0.39, 0.29) is 10.6 Å². The zero-order valence-electron chi connectivity index (χ0n) is 11.7. The van der Waals surface area contributed by atoms with Gasteiger partial charge < -0.3 is 5.32 Å². The SMILES string of the molecule is Cc1cccc(-c2nnc(CCNC3CC3)s2)c1[N+](=O)[O-]. The molecule has 7 heteroatoms. The van der Waals surface area contributed by atoms with Gasteiger partial charge in [-0.15, -0.1) is 10.2 Å². The number of nitro groups is 1. The van der Waals surface area contributed by atoms with Crippen molar-refractivity contribution in [3.63, 3.8) is 0 Å². The zero-order chi connectivity index (χ0) is 14.8. The molecule has 1 saturated carbocycles. The highest BCUT2D eigenvalue weighted by molar-refractivity contribution is 7.14. The van der Waals surface area contributed by atoms with Gasteiger partial charge >= 0.3 is 0 Å². The van der Waals surface area contributed by atoms with E-state index >= 15 is 0 Å². The van der Waals surface area contributed by atoms with E-state index in [9.17, 15) is 10.1 Å². The second-order valence-corrected chi connectivity index (χ2v) is 6.27. The molecule has 1 N–H and O–H groups in total. The summed E-state index contributed by atoms with van der Waals surface area (Å²) in [6, 6.07) is 5.96. The third-order valence-electron chi connectivity index (χ3n) is 3.47. The van der Waals surface area contributed by atoms with Gasteiger partial charge in [0.2, 0.25) is 0 Å². The van der Waals surface area contributed by atoms with Crippen LogP contribution in [0, 0.1) is 17.0 Å². The molecule has 1 fully saturated rings. The molecule has 0 amide bonds. The summed E-state index contributed by atoms with van der Waals surface area (Å²) in [6.45, 7) is 2.62. The van der Waals surface area contributed by atoms with Crippen molar-refractivity contribution in [2.75, 3.05) is 6.54 Å². The molecule has 1 aliphatic rings. The Balaban J connectivity index is 1.79. The highest BCUT2D eigenvalue weighted by Gasteiger charge is 2.22. The van der Waals surface area contributed by atoms with Crippen LogP contribution in [-0.4, -0.2) is 27.7 Å². The van der Waals surface area contributed by atoms with Gasteiger partial charge in [-0.3, -0.25) is 10.1 Å². The summed E-state index contributed by atoms with van der Waals surface area (Å²) in [5, 5.41) is 24.4. The van der Waals surface area contributed by atoms with Crippen molar-refractivity contribution < 1.29 is 4.92 Å². The van der Waals surface area contributed by atoms with Crippen LogP contribution in [0.1, 0.15) is 23.4 Å². The lowest BCUT2D eigenvalue weighted by Gasteiger charge is -2.01. The van der Waals surface area contributed by atoms with Crippen LogP contribution >= 0.6 is 11.3 Å². The van der Waals surface area contributed by atoms with Crippen molar-refractivity contribution in [3.05, 3.63) is 38.9 Å². The third-order valence-corrected chi connectivity index (χ3v) is 4.48. The number of hydrogen-bond acceptors (Lipinski definition) is 6. The van der Waals surface area contributed by atoms with Crippen molar-refractivity contribution in [1.82, 2.24) is 15.5 Å². The molecule has 1 heterocycles. The van der Waals surface area contributed by atoms with E-state index in [0.29, 0.717) is 22.2 Å². The van der Waals surface area contributed by atoms with Crippen LogP contribution in [0.4, 0.5) is 5.69 Å².